The van der Waals surface area contributed by atoms with E-state index in [2.05, 4.69) is 30.1 Å². The molecule has 0 radical (unpaired) electrons. The lowest BCUT2D eigenvalue weighted by Crippen LogP contribution is -2.29. The van der Waals surface area contributed by atoms with Crippen LogP contribution in [0.4, 0.5) is 14.5 Å². The van der Waals surface area contributed by atoms with E-state index in [9.17, 15) is 13.6 Å². The standard InChI is InChI=1S/C21H17ClF2N6O2/c1-21(13-10-25-30(2)11-13,15-4-3-5-16(22)26-15)9-12-8-17(23)27-19(24)18(12)28-20(31)14-6-7-32-29-14/h3-8,10-11H,9H2,1-2H3,(H,28,31). The first-order valence-electron chi connectivity index (χ1n) is 9.45. The number of aromatic nitrogens is 5. The van der Waals surface area contributed by atoms with Gasteiger partial charge in [-0.2, -0.15) is 18.9 Å². The summed E-state index contributed by atoms with van der Waals surface area (Å²) in [5.41, 5.74) is 0.237. The largest absolute Gasteiger partial charge is 0.364 e. The topological polar surface area (TPSA) is 98.7 Å². The van der Waals surface area contributed by atoms with Gasteiger partial charge >= 0.3 is 0 Å². The first-order valence-corrected chi connectivity index (χ1v) is 9.83. The Labute approximate surface area is 186 Å². The van der Waals surface area contributed by atoms with Gasteiger partial charge in [-0.1, -0.05) is 22.8 Å². The Kier molecular flexibility index (Phi) is 5.70. The Bertz CT molecular complexity index is 1280. The van der Waals surface area contributed by atoms with Gasteiger partial charge in [0, 0.05) is 30.3 Å². The second-order valence-electron chi connectivity index (χ2n) is 7.37. The molecule has 1 atom stereocenters. The Hall–Kier alpha value is -3.66. The quantitative estimate of drug-likeness (QED) is 0.439. The summed E-state index contributed by atoms with van der Waals surface area (Å²) in [5.74, 6) is -2.91. The first kappa shape index (κ1) is 21.6. The number of anilines is 1. The summed E-state index contributed by atoms with van der Waals surface area (Å²) in [6.07, 6.45) is 4.68. The van der Waals surface area contributed by atoms with E-state index in [4.69, 9.17) is 11.6 Å². The minimum absolute atomic E-state index is 0.0524. The SMILES string of the molecule is Cn1cc(C(C)(Cc2cc(F)nc(F)c2NC(=O)c2ccon2)c2cccc(Cl)n2)cn1. The molecule has 32 heavy (non-hydrogen) atoms. The molecule has 4 heterocycles. The first-order chi connectivity index (χ1) is 15.3. The van der Waals surface area contributed by atoms with Crippen molar-refractivity contribution in [2.45, 2.75) is 18.8 Å². The van der Waals surface area contributed by atoms with E-state index < -0.39 is 23.2 Å². The summed E-state index contributed by atoms with van der Waals surface area (Å²) in [5, 5.41) is 10.4. The summed E-state index contributed by atoms with van der Waals surface area (Å²) in [7, 11) is 1.75. The maximum absolute atomic E-state index is 14.7. The van der Waals surface area contributed by atoms with Crippen molar-refractivity contribution >= 4 is 23.2 Å². The molecule has 4 aromatic heterocycles. The monoisotopic (exact) mass is 458 g/mol. The third-order valence-corrected chi connectivity index (χ3v) is 5.31. The number of nitrogens with one attached hydrogen (secondary N) is 1. The number of pyridine rings is 2. The van der Waals surface area contributed by atoms with Gasteiger partial charge in [0.05, 0.1) is 11.9 Å². The number of hydrogen-bond donors (Lipinski definition) is 1. The van der Waals surface area contributed by atoms with Crippen LogP contribution < -0.4 is 5.32 Å². The van der Waals surface area contributed by atoms with E-state index in [1.165, 1.54) is 12.3 Å². The predicted octanol–water partition coefficient (Wildman–Crippen LogP) is 3.93. The second kappa shape index (κ2) is 8.46. The van der Waals surface area contributed by atoms with Gasteiger partial charge in [0.2, 0.25) is 11.9 Å². The molecule has 0 aliphatic heterocycles. The third kappa shape index (κ3) is 4.22. The highest BCUT2D eigenvalue weighted by Gasteiger charge is 2.34. The van der Waals surface area contributed by atoms with Crippen LogP contribution in [0.3, 0.4) is 0 Å². The Morgan fingerprint density at radius 3 is 2.75 bits per heavy atom. The van der Waals surface area contributed by atoms with E-state index in [-0.39, 0.29) is 28.5 Å². The van der Waals surface area contributed by atoms with Crippen molar-refractivity contribution in [3.63, 3.8) is 0 Å². The van der Waals surface area contributed by atoms with Crippen molar-refractivity contribution in [3.8, 4) is 0 Å². The van der Waals surface area contributed by atoms with Gasteiger partial charge in [-0.25, -0.2) is 4.98 Å². The highest BCUT2D eigenvalue weighted by molar-refractivity contribution is 6.29. The summed E-state index contributed by atoms with van der Waals surface area (Å²) >= 11 is 6.12. The van der Waals surface area contributed by atoms with Crippen molar-refractivity contribution in [3.05, 3.63) is 88.6 Å². The number of nitrogens with zero attached hydrogens (tertiary/aromatic N) is 5. The van der Waals surface area contributed by atoms with Crippen LogP contribution in [-0.4, -0.2) is 30.8 Å². The summed E-state index contributed by atoms with van der Waals surface area (Å²) in [6, 6.07) is 7.52. The van der Waals surface area contributed by atoms with Crippen LogP contribution in [0, 0.1) is 11.9 Å². The van der Waals surface area contributed by atoms with E-state index in [0.29, 0.717) is 5.69 Å². The van der Waals surface area contributed by atoms with Crippen LogP contribution in [0.25, 0.3) is 0 Å². The highest BCUT2D eigenvalue weighted by atomic mass is 35.5. The zero-order chi connectivity index (χ0) is 22.9. The number of rotatable bonds is 6. The summed E-state index contributed by atoms with van der Waals surface area (Å²) < 4.78 is 35.1. The number of carbonyl (C=O) groups excluding carboxylic acids is 1. The van der Waals surface area contributed by atoms with Gasteiger partial charge in [-0.05, 0) is 37.1 Å². The van der Waals surface area contributed by atoms with Crippen molar-refractivity contribution in [2.75, 3.05) is 5.32 Å². The number of halogens is 3. The lowest BCUT2D eigenvalue weighted by molar-refractivity contribution is 0.101. The average Bonchev–Trinajstić information content (AvgIpc) is 3.42. The average molecular weight is 459 g/mol. The molecular weight excluding hydrogens is 442 g/mol. The van der Waals surface area contributed by atoms with Gasteiger partial charge in [0.25, 0.3) is 5.91 Å². The van der Waals surface area contributed by atoms with Crippen molar-refractivity contribution in [2.24, 2.45) is 7.05 Å². The highest BCUT2D eigenvalue weighted by Crippen LogP contribution is 2.37. The maximum atomic E-state index is 14.7. The van der Waals surface area contributed by atoms with E-state index in [0.717, 1.165) is 11.6 Å². The Balaban J connectivity index is 1.81. The molecule has 0 fully saturated rings. The number of amides is 1. The van der Waals surface area contributed by atoms with Gasteiger partial charge < -0.3 is 9.84 Å². The third-order valence-electron chi connectivity index (χ3n) is 5.10. The molecule has 164 valence electrons. The molecule has 0 aliphatic rings. The van der Waals surface area contributed by atoms with Crippen LogP contribution in [0.15, 0.2) is 53.5 Å². The van der Waals surface area contributed by atoms with Gasteiger partial charge in [-0.15, -0.1) is 0 Å². The van der Waals surface area contributed by atoms with Crippen molar-refractivity contribution < 1.29 is 18.1 Å². The van der Waals surface area contributed by atoms with Crippen molar-refractivity contribution in [1.29, 1.82) is 0 Å². The molecule has 4 aromatic rings. The lowest BCUT2D eigenvalue weighted by Gasteiger charge is -2.29. The number of aryl methyl sites for hydroxylation is 1. The molecular formula is C21H17ClF2N6O2. The van der Waals surface area contributed by atoms with E-state index in [1.807, 2.05) is 6.92 Å². The molecule has 0 aliphatic carbocycles. The van der Waals surface area contributed by atoms with Gasteiger partial charge in [-0.3, -0.25) is 9.48 Å². The molecule has 4 rings (SSSR count). The summed E-state index contributed by atoms with van der Waals surface area (Å²) in [4.78, 5) is 20.1. The predicted molar refractivity (Wildman–Crippen MR) is 111 cm³/mol. The van der Waals surface area contributed by atoms with Crippen LogP contribution in [0.1, 0.15) is 34.2 Å². The number of hydrogen-bond acceptors (Lipinski definition) is 6. The second-order valence-corrected chi connectivity index (χ2v) is 7.75. The zero-order valence-corrected chi connectivity index (χ0v) is 17.8. The van der Waals surface area contributed by atoms with E-state index >= 15 is 0 Å². The van der Waals surface area contributed by atoms with Crippen LogP contribution in [0.5, 0.6) is 0 Å². The Morgan fingerprint density at radius 1 is 1.28 bits per heavy atom. The van der Waals surface area contributed by atoms with Crippen molar-refractivity contribution in [1.82, 2.24) is 24.9 Å². The van der Waals surface area contributed by atoms with Crippen LogP contribution in [-0.2, 0) is 18.9 Å². The minimum Gasteiger partial charge on any atom is -0.364 e. The fourth-order valence-corrected chi connectivity index (χ4v) is 3.62. The zero-order valence-electron chi connectivity index (χ0n) is 17.0. The maximum Gasteiger partial charge on any atom is 0.277 e. The molecule has 0 bridgehead atoms. The van der Waals surface area contributed by atoms with Crippen LogP contribution >= 0.6 is 11.6 Å². The molecule has 1 N–H and O–H groups in total. The molecule has 1 unspecified atom stereocenters. The smallest absolute Gasteiger partial charge is 0.277 e. The molecule has 8 nitrogen and oxygen atoms in total. The normalized spacial score (nSPS) is 13.0. The molecule has 0 saturated heterocycles. The minimum atomic E-state index is -1.16. The van der Waals surface area contributed by atoms with Gasteiger partial charge in [0.15, 0.2) is 5.69 Å². The molecule has 0 aromatic carbocycles. The van der Waals surface area contributed by atoms with E-state index in [1.54, 1.807) is 42.3 Å². The summed E-state index contributed by atoms with van der Waals surface area (Å²) in [6.45, 7) is 1.85. The fraction of sp³-hybridized carbons (Fsp3) is 0.190. The molecule has 1 amide bonds. The Morgan fingerprint density at radius 2 is 2.09 bits per heavy atom. The molecule has 0 saturated carbocycles. The molecule has 0 spiro atoms. The van der Waals surface area contributed by atoms with Gasteiger partial charge in [0.1, 0.15) is 17.1 Å². The number of carbonyl (C=O) groups is 1. The lowest BCUT2D eigenvalue weighted by atomic mass is 9.75. The molecule has 11 heteroatoms. The fourth-order valence-electron chi connectivity index (χ4n) is 3.45. The van der Waals surface area contributed by atoms with Crippen LogP contribution in [0.2, 0.25) is 5.15 Å².